The van der Waals surface area contributed by atoms with Gasteiger partial charge < -0.3 is 0 Å². The number of rotatable bonds is 5. The molecule has 0 unspecified atom stereocenters. The first-order valence-electron chi connectivity index (χ1n) is 12.4. The number of aromatic nitrogens is 4. The maximum atomic E-state index is 14.4. The molecule has 0 saturated carbocycles. The van der Waals surface area contributed by atoms with Crippen molar-refractivity contribution in [2.45, 2.75) is 0 Å². The molecule has 6 aromatic rings. The van der Waals surface area contributed by atoms with E-state index in [2.05, 4.69) is 0 Å². The third kappa shape index (κ3) is 3.66. The molecule has 186 valence electrons. The topological polar surface area (TPSA) is 53.9 Å². The third-order valence-corrected chi connectivity index (χ3v) is 6.88. The predicted octanol–water partition coefficient (Wildman–Crippen LogP) is 5.67. The van der Waals surface area contributed by atoms with Crippen LogP contribution in [0.25, 0.3) is 45.0 Å². The minimum atomic E-state index is -0.252. The fourth-order valence-electron chi connectivity index (χ4n) is 5.23. The van der Waals surface area contributed by atoms with Crippen LogP contribution in [0.4, 0.5) is 0 Å². The number of benzene rings is 4. The van der Waals surface area contributed by atoms with Gasteiger partial charge in [0.05, 0.1) is 33.9 Å². The summed E-state index contributed by atoms with van der Waals surface area (Å²) in [6.45, 7) is 0. The predicted molar refractivity (Wildman–Crippen MR) is 152 cm³/mol. The molecule has 0 saturated heterocycles. The van der Waals surface area contributed by atoms with E-state index in [1.165, 1.54) is 0 Å². The number of para-hydroxylation sites is 2. The number of hydrogen-bond acceptors (Lipinski definition) is 2. The van der Waals surface area contributed by atoms with E-state index >= 15 is 0 Å². The average Bonchev–Trinajstić information content (AvgIpc) is 3.37. The van der Waals surface area contributed by atoms with Gasteiger partial charge in [-0.1, -0.05) is 97.1 Å². The van der Waals surface area contributed by atoms with Crippen molar-refractivity contribution in [2.75, 3.05) is 0 Å². The lowest BCUT2D eigenvalue weighted by atomic mass is 9.98. The minimum absolute atomic E-state index is 0.252. The standard InChI is InChI=1S/C32H26N4O2/c1-33-29(23-15-7-3-8-16-23)27(31(37)35(33)25-19-11-5-12-20-25)28-30(24-17-9-4-10-18-24)34(2)36(32(28)38)26-21-13-6-14-22-26/h3-22H,1-2H3. The summed E-state index contributed by atoms with van der Waals surface area (Å²) in [5.74, 6) is 0. The van der Waals surface area contributed by atoms with Crippen LogP contribution in [-0.4, -0.2) is 18.7 Å². The zero-order chi connectivity index (χ0) is 26.2. The Kier molecular flexibility index (Phi) is 5.77. The van der Waals surface area contributed by atoms with E-state index in [1.54, 1.807) is 9.36 Å². The zero-order valence-corrected chi connectivity index (χ0v) is 21.2. The van der Waals surface area contributed by atoms with Crippen LogP contribution < -0.4 is 11.1 Å². The van der Waals surface area contributed by atoms with E-state index in [-0.39, 0.29) is 11.1 Å². The second kappa shape index (κ2) is 9.41. The van der Waals surface area contributed by atoms with Crippen LogP contribution in [0.1, 0.15) is 0 Å². The SMILES string of the molecule is Cn1c(-c2ccccc2)c(-c2c(-c3ccccc3)n(C)n(-c3ccccc3)c2=O)c(=O)n1-c1ccccc1. The summed E-state index contributed by atoms with van der Waals surface area (Å²) >= 11 is 0. The van der Waals surface area contributed by atoms with Gasteiger partial charge in [0.15, 0.2) is 0 Å². The Morgan fingerprint density at radius 3 is 1.03 bits per heavy atom. The molecule has 38 heavy (non-hydrogen) atoms. The van der Waals surface area contributed by atoms with E-state index in [0.717, 1.165) is 22.5 Å². The molecule has 6 heteroatoms. The van der Waals surface area contributed by atoms with Crippen LogP contribution in [0.15, 0.2) is 131 Å². The van der Waals surface area contributed by atoms with Crippen LogP contribution in [0, 0.1) is 0 Å². The van der Waals surface area contributed by atoms with E-state index in [0.29, 0.717) is 22.5 Å². The summed E-state index contributed by atoms with van der Waals surface area (Å²) in [5, 5.41) is 0. The Morgan fingerprint density at radius 1 is 0.421 bits per heavy atom. The van der Waals surface area contributed by atoms with E-state index in [9.17, 15) is 9.59 Å². The molecule has 0 spiro atoms. The van der Waals surface area contributed by atoms with E-state index in [4.69, 9.17) is 0 Å². The summed E-state index contributed by atoms with van der Waals surface area (Å²) in [6.07, 6.45) is 0. The molecule has 0 aliphatic heterocycles. The normalized spacial score (nSPS) is 11.1. The highest BCUT2D eigenvalue weighted by Crippen LogP contribution is 2.35. The van der Waals surface area contributed by atoms with Gasteiger partial charge in [-0.3, -0.25) is 19.0 Å². The summed E-state index contributed by atoms with van der Waals surface area (Å²) in [5.41, 5.74) is 4.76. The smallest absolute Gasteiger partial charge is 0.280 e. The monoisotopic (exact) mass is 498 g/mol. The van der Waals surface area contributed by atoms with Crippen LogP contribution in [-0.2, 0) is 14.1 Å². The van der Waals surface area contributed by atoms with Crippen LogP contribution in [0.3, 0.4) is 0 Å². The molecule has 0 amide bonds. The molecule has 0 bridgehead atoms. The summed E-state index contributed by atoms with van der Waals surface area (Å²) in [4.78, 5) is 28.7. The minimum Gasteiger partial charge on any atom is -0.280 e. The first kappa shape index (κ1) is 23.3. The largest absolute Gasteiger partial charge is 0.280 e. The maximum absolute atomic E-state index is 14.4. The Morgan fingerprint density at radius 2 is 0.711 bits per heavy atom. The first-order valence-corrected chi connectivity index (χ1v) is 12.4. The van der Waals surface area contributed by atoms with Gasteiger partial charge in [0.2, 0.25) is 0 Å². The second-order valence-corrected chi connectivity index (χ2v) is 9.13. The Labute approximate surface area is 219 Å². The number of hydrogen-bond donors (Lipinski definition) is 0. The average molecular weight is 499 g/mol. The molecule has 0 radical (unpaired) electrons. The zero-order valence-electron chi connectivity index (χ0n) is 21.2. The van der Waals surface area contributed by atoms with Gasteiger partial charge in [0.25, 0.3) is 11.1 Å². The third-order valence-electron chi connectivity index (χ3n) is 6.88. The van der Waals surface area contributed by atoms with Gasteiger partial charge in [-0.25, -0.2) is 9.36 Å². The van der Waals surface area contributed by atoms with Gasteiger partial charge >= 0.3 is 0 Å². The van der Waals surface area contributed by atoms with Gasteiger partial charge in [0.1, 0.15) is 0 Å². The maximum Gasteiger partial charge on any atom is 0.280 e. The van der Waals surface area contributed by atoms with Crippen molar-refractivity contribution >= 4 is 0 Å². The lowest BCUT2D eigenvalue weighted by Gasteiger charge is -2.11. The van der Waals surface area contributed by atoms with Crippen LogP contribution >= 0.6 is 0 Å². The van der Waals surface area contributed by atoms with Crippen molar-refractivity contribution in [3.8, 4) is 45.0 Å². The highest BCUT2D eigenvalue weighted by atomic mass is 16.1. The van der Waals surface area contributed by atoms with Crippen LogP contribution in [0.5, 0.6) is 0 Å². The van der Waals surface area contributed by atoms with Crippen molar-refractivity contribution in [1.82, 2.24) is 18.7 Å². The lowest BCUT2D eigenvalue weighted by molar-refractivity contribution is 0.652. The fourth-order valence-corrected chi connectivity index (χ4v) is 5.23. The molecule has 0 aliphatic rings. The highest BCUT2D eigenvalue weighted by Gasteiger charge is 2.30. The van der Waals surface area contributed by atoms with Gasteiger partial charge in [-0.15, -0.1) is 0 Å². The van der Waals surface area contributed by atoms with Gasteiger partial charge in [-0.2, -0.15) is 0 Å². The van der Waals surface area contributed by atoms with E-state index in [1.807, 2.05) is 145 Å². The van der Waals surface area contributed by atoms with Crippen molar-refractivity contribution in [2.24, 2.45) is 14.1 Å². The van der Waals surface area contributed by atoms with Crippen LogP contribution in [0.2, 0.25) is 0 Å². The Hall–Kier alpha value is -5.10. The molecule has 6 nitrogen and oxygen atoms in total. The Balaban J connectivity index is 1.78. The Bertz CT molecular complexity index is 1700. The lowest BCUT2D eigenvalue weighted by Crippen LogP contribution is -2.22. The fraction of sp³-hybridized carbons (Fsp3) is 0.0625. The van der Waals surface area contributed by atoms with Gasteiger partial charge in [0, 0.05) is 25.2 Å². The molecular weight excluding hydrogens is 472 g/mol. The summed E-state index contributed by atoms with van der Waals surface area (Å²) < 4.78 is 6.95. The molecule has 0 N–H and O–H groups in total. The van der Waals surface area contributed by atoms with Crippen molar-refractivity contribution in [3.63, 3.8) is 0 Å². The summed E-state index contributed by atoms with van der Waals surface area (Å²) in [6, 6.07) is 38.5. The molecule has 0 fully saturated rings. The molecule has 0 atom stereocenters. The van der Waals surface area contributed by atoms with Crippen molar-refractivity contribution in [1.29, 1.82) is 0 Å². The summed E-state index contributed by atoms with van der Waals surface area (Å²) in [7, 11) is 3.72. The van der Waals surface area contributed by atoms with Crippen molar-refractivity contribution < 1.29 is 0 Å². The molecular formula is C32H26N4O2. The highest BCUT2D eigenvalue weighted by molar-refractivity contribution is 5.89. The van der Waals surface area contributed by atoms with Gasteiger partial charge in [-0.05, 0) is 24.3 Å². The van der Waals surface area contributed by atoms with Crippen molar-refractivity contribution in [3.05, 3.63) is 142 Å². The molecule has 2 heterocycles. The first-order chi connectivity index (χ1) is 18.6. The second-order valence-electron chi connectivity index (χ2n) is 9.13. The quantitative estimate of drug-likeness (QED) is 0.308. The molecule has 2 aromatic heterocycles. The molecule has 4 aromatic carbocycles. The van der Waals surface area contributed by atoms with E-state index < -0.39 is 0 Å². The molecule has 6 rings (SSSR count). The molecule has 0 aliphatic carbocycles. The number of nitrogens with zero attached hydrogens (tertiary/aromatic N) is 4.